The molecule has 0 aromatic carbocycles. The van der Waals surface area contributed by atoms with Gasteiger partial charge in [-0.05, 0) is 39.8 Å². The largest absolute Gasteiger partial charge is 0.418 e. The summed E-state index contributed by atoms with van der Waals surface area (Å²) in [7, 11) is 0. The van der Waals surface area contributed by atoms with Crippen LogP contribution in [0.15, 0.2) is 0 Å². The summed E-state index contributed by atoms with van der Waals surface area (Å²) in [6.07, 6.45) is -2.89. The number of aliphatic hydroxyl groups is 1. The minimum absolute atomic E-state index is 0.345. The Kier molecular flexibility index (Phi) is 5.18. The van der Waals surface area contributed by atoms with Crippen molar-refractivity contribution in [2.45, 2.75) is 50.6 Å². The number of likely N-dealkylation sites (tertiary alicyclic amines) is 1. The lowest BCUT2D eigenvalue weighted by atomic mass is 9.98. The summed E-state index contributed by atoms with van der Waals surface area (Å²) >= 11 is 0. The summed E-state index contributed by atoms with van der Waals surface area (Å²) in [6.45, 7) is 6.18. The van der Waals surface area contributed by atoms with Gasteiger partial charge in [-0.3, -0.25) is 4.90 Å². The zero-order valence-electron chi connectivity index (χ0n) is 12.7. The molecule has 2 fully saturated rings. The standard InChI is InChI=1S/C14H25F3N2O2/c1-11-9-21-8-7-19(11)12-3-5-18(6-4-12)10-13(2,20)14(15,16)17/h11-12,20H,3-10H2,1-2H3. The molecule has 0 bridgehead atoms. The Balaban J connectivity index is 1.83. The molecule has 2 unspecified atom stereocenters. The van der Waals surface area contributed by atoms with E-state index in [4.69, 9.17) is 4.74 Å². The summed E-state index contributed by atoms with van der Waals surface area (Å²) < 4.78 is 43.5. The molecule has 0 amide bonds. The first-order valence-corrected chi connectivity index (χ1v) is 7.55. The summed E-state index contributed by atoms with van der Waals surface area (Å²) in [6, 6.07) is 0.782. The van der Waals surface area contributed by atoms with Gasteiger partial charge in [-0.2, -0.15) is 13.2 Å². The molecular weight excluding hydrogens is 285 g/mol. The maximum Gasteiger partial charge on any atom is 0.418 e. The molecule has 124 valence electrons. The number of hydrogen-bond donors (Lipinski definition) is 1. The highest BCUT2D eigenvalue weighted by Crippen LogP contribution is 2.31. The van der Waals surface area contributed by atoms with Gasteiger partial charge in [-0.1, -0.05) is 0 Å². The predicted molar refractivity (Wildman–Crippen MR) is 73.1 cm³/mol. The molecule has 0 aromatic rings. The fourth-order valence-electron chi connectivity index (χ4n) is 3.22. The number of halogens is 3. The van der Waals surface area contributed by atoms with E-state index in [1.54, 1.807) is 4.90 Å². The van der Waals surface area contributed by atoms with Crippen LogP contribution in [-0.2, 0) is 4.74 Å². The van der Waals surface area contributed by atoms with Crippen LogP contribution in [0.2, 0.25) is 0 Å². The van der Waals surface area contributed by atoms with Gasteiger partial charge in [-0.25, -0.2) is 0 Å². The second kappa shape index (κ2) is 6.40. The molecule has 4 nitrogen and oxygen atoms in total. The Hall–Kier alpha value is -0.370. The van der Waals surface area contributed by atoms with Gasteiger partial charge in [0.25, 0.3) is 0 Å². The van der Waals surface area contributed by atoms with Crippen LogP contribution in [0.1, 0.15) is 26.7 Å². The Bertz CT molecular complexity index is 342. The number of ether oxygens (including phenoxy) is 1. The van der Waals surface area contributed by atoms with Gasteiger partial charge in [0.05, 0.1) is 13.2 Å². The summed E-state index contributed by atoms with van der Waals surface area (Å²) in [4.78, 5) is 4.12. The number of piperidine rings is 1. The highest BCUT2D eigenvalue weighted by Gasteiger charge is 2.50. The third-order valence-corrected chi connectivity index (χ3v) is 4.59. The fraction of sp³-hybridized carbons (Fsp3) is 1.00. The van der Waals surface area contributed by atoms with Crippen LogP contribution in [0.4, 0.5) is 13.2 Å². The van der Waals surface area contributed by atoms with E-state index >= 15 is 0 Å². The lowest BCUT2D eigenvalue weighted by Crippen LogP contribution is -2.56. The van der Waals surface area contributed by atoms with Crippen molar-refractivity contribution in [3.05, 3.63) is 0 Å². The van der Waals surface area contributed by atoms with Crippen LogP contribution in [0.3, 0.4) is 0 Å². The van der Waals surface area contributed by atoms with Crippen LogP contribution in [-0.4, -0.2) is 78.2 Å². The molecule has 2 saturated heterocycles. The molecule has 2 rings (SSSR count). The van der Waals surface area contributed by atoms with Gasteiger partial charge in [0.1, 0.15) is 0 Å². The summed E-state index contributed by atoms with van der Waals surface area (Å²) in [5.41, 5.74) is -2.63. The van der Waals surface area contributed by atoms with Crippen LogP contribution in [0, 0.1) is 0 Å². The second-order valence-corrected chi connectivity index (χ2v) is 6.44. The first-order valence-electron chi connectivity index (χ1n) is 7.55. The maximum absolute atomic E-state index is 12.7. The minimum atomic E-state index is -4.58. The number of alkyl halides is 3. The minimum Gasteiger partial charge on any atom is -0.380 e. The van der Waals surface area contributed by atoms with Gasteiger partial charge < -0.3 is 14.7 Å². The van der Waals surface area contributed by atoms with E-state index in [0.717, 1.165) is 39.5 Å². The molecule has 0 radical (unpaired) electrons. The van der Waals surface area contributed by atoms with Crippen molar-refractivity contribution in [3.8, 4) is 0 Å². The Morgan fingerprint density at radius 3 is 2.33 bits per heavy atom. The van der Waals surface area contributed by atoms with E-state index in [2.05, 4.69) is 11.8 Å². The van der Waals surface area contributed by atoms with Crippen LogP contribution >= 0.6 is 0 Å². The maximum atomic E-state index is 12.7. The zero-order chi connectivity index (χ0) is 15.7. The third-order valence-electron chi connectivity index (χ3n) is 4.59. The Morgan fingerprint density at radius 1 is 1.19 bits per heavy atom. The number of hydrogen-bond acceptors (Lipinski definition) is 4. The highest BCUT2D eigenvalue weighted by atomic mass is 19.4. The van der Waals surface area contributed by atoms with Crippen molar-refractivity contribution < 1.29 is 23.0 Å². The van der Waals surface area contributed by atoms with Gasteiger partial charge in [0.2, 0.25) is 0 Å². The van der Waals surface area contributed by atoms with Crippen molar-refractivity contribution in [3.63, 3.8) is 0 Å². The molecule has 21 heavy (non-hydrogen) atoms. The van der Waals surface area contributed by atoms with Crippen molar-refractivity contribution in [2.24, 2.45) is 0 Å². The molecule has 0 aromatic heterocycles. The van der Waals surface area contributed by atoms with Crippen molar-refractivity contribution in [1.29, 1.82) is 0 Å². The average Bonchev–Trinajstić information content (AvgIpc) is 2.39. The Labute approximate surface area is 123 Å². The first kappa shape index (κ1) is 17.0. The fourth-order valence-corrected chi connectivity index (χ4v) is 3.22. The molecule has 0 saturated carbocycles. The molecule has 7 heteroatoms. The second-order valence-electron chi connectivity index (χ2n) is 6.44. The smallest absolute Gasteiger partial charge is 0.380 e. The van der Waals surface area contributed by atoms with E-state index < -0.39 is 11.8 Å². The molecule has 2 heterocycles. The van der Waals surface area contributed by atoms with Crippen LogP contribution in [0.25, 0.3) is 0 Å². The first-order chi connectivity index (χ1) is 9.71. The van der Waals surface area contributed by atoms with Crippen LogP contribution in [0.5, 0.6) is 0 Å². The molecule has 2 aliphatic heterocycles. The third kappa shape index (κ3) is 4.09. The van der Waals surface area contributed by atoms with E-state index in [1.807, 2.05) is 0 Å². The van der Waals surface area contributed by atoms with Gasteiger partial charge in [-0.15, -0.1) is 0 Å². The van der Waals surface area contributed by atoms with Crippen LogP contribution < -0.4 is 0 Å². The molecule has 1 N–H and O–H groups in total. The topological polar surface area (TPSA) is 35.9 Å². The Morgan fingerprint density at radius 2 is 1.81 bits per heavy atom. The highest BCUT2D eigenvalue weighted by molar-refractivity contribution is 4.89. The van der Waals surface area contributed by atoms with Gasteiger partial charge in [0.15, 0.2) is 5.60 Å². The number of nitrogens with zero attached hydrogens (tertiary/aromatic N) is 2. The van der Waals surface area contributed by atoms with E-state index in [9.17, 15) is 18.3 Å². The zero-order valence-corrected chi connectivity index (χ0v) is 12.7. The molecular formula is C14H25F3N2O2. The normalized spacial score (nSPS) is 30.3. The van der Waals surface area contributed by atoms with Gasteiger partial charge in [0, 0.05) is 25.2 Å². The van der Waals surface area contributed by atoms with Crippen molar-refractivity contribution >= 4 is 0 Å². The lowest BCUT2D eigenvalue weighted by Gasteiger charge is -2.44. The molecule has 0 spiro atoms. The van der Waals surface area contributed by atoms with Crippen molar-refractivity contribution in [1.82, 2.24) is 9.80 Å². The summed E-state index contributed by atoms with van der Waals surface area (Å²) in [5, 5.41) is 9.57. The lowest BCUT2D eigenvalue weighted by molar-refractivity contribution is -0.258. The van der Waals surface area contributed by atoms with Gasteiger partial charge >= 0.3 is 6.18 Å². The predicted octanol–water partition coefficient (Wildman–Crippen LogP) is 1.48. The average molecular weight is 310 g/mol. The monoisotopic (exact) mass is 310 g/mol. The van der Waals surface area contributed by atoms with E-state index in [-0.39, 0.29) is 6.54 Å². The number of β-amino-alcohol motifs (C(OH)–C–C–N with tert-alkyl or cyclic N) is 1. The molecule has 2 aliphatic rings. The number of morpholine rings is 1. The quantitative estimate of drug-likeness (QED) is 0.857. The van der Waals surface area contributed by atoms with E-state index in [1.165, 1.54) is 0 Å². The van der Waals surface area contributed by atoms with E-state index in [0.29, 0.717) is 25.2 Å². The molecule has 2 atom stereocenters. The number of rotatable bonds is 3. The SMILES string of the molecule is CC1COCCN1C1CCN(CC(C)(O)C(F)(F)F)CC1. The summed E-state index contributed by atoms with van der Waals surface area (Å²) in [5.74, 6) is 0. The molecule has 0 aliphatic carbocycles. The van der Waals surface area contributed by atoms with Crippen molar-refractivity contribution in [2.75, 3.05) is 39.4 Å².